The van der Waals surface area contributed by atoms with E-state index in [1.54, 1.807) is 7.05 Å². The van der Waals surface area contributed by atoms with Crippen LogP contribution in [0.15, 0.2) is 0 Å². The van der Waals surface area contributed by atoms with Gasteiger partial charge >= 0.3 is 17.9 Å². The van der Waals surface area contributed by atoms with Gasteiger partial charge in [0.2, 0.25) is 11.9 Å². The molecule has 0 radical (unpaired) electrons. The molecule has 4 aliphatic heterocycles. The quantitative estimate of drug-likeness (QED) is 0.254. The molecular formula is C23H31NO10. The van der Waals surface area contributed by atoms with E-state index < -0.39 is 82.0 Å². The summed E-state index contributed by atoms with van der Waals surface area (Å²) in [6.45, 7) is 8.05. The number of likely N-dealkylation sites (N-methyl/N-ethyl adjacent to an activating group) is 1. The van der Waals surface area contributed by atoms with Crippen molar-refractivity contribution in [2.75, 3.05) is 20.2 Å². The summed E-state index contributed by atoms with van der Waals surface area (Å²) in [7, 11) is 1.75. The first-order valence-corrected chi connectivity index (χ1v) is 11.8. The van der Waals surface area contributed by atoms with Crippen LogP contribution in [0, 0.1) is 28.1 Å². The number of hydrogen-bond donors (Lipinski definition) is 3. The Hall–Kier alpha value is -1.79. The molecule has 11 heteroatoms. The van der Waals surface area contributed by atoms with Crippen LogP contribution in [0.4, 0.5) is 0 Å². The Balaban J connectivity index is 1.65. The normalized spacial score (nSPS) is 54.4. The third-order valence-corrected chi connectivity index (χ3v) is 9.60. The summed E-state index contributed by atoms with van der Waals surface area (Å²) in [6, 6.07) is 0. The van der Waals surface area contributed by atoms with Gasteiger partial charge in [0.15, 0.2) is 17.8 Å². The number of ether oxygens (including phenoxy) is 5. The van der Waals surface area contributed by atoms with Crippen molar-refractivity contribution in [3.05, 3.63) is 0 Å². The Morgan fingerprint density at radius 3 is 2.50 bits per heavy atom. The highest BCUT2D eigenvalue weighted by Crippen LogP contribution is 2.84. The fraction of sp³-hybridized carbons (Fsp3) is 0.870. The lowest BCUT2D eigenvalue weighted by Crippen LogP contribution is -2.67. The van der Waals surface area contributed by atoms with Gasteiger partial charge in [0, 0.05) is 6.54 Å². The Morgan fingerprint density at radius 2 is 1.85 bits per heavy atom. The Labute approximate surface area is 196 Å². The maximum atomic E-state index is 13.6. The van der Waals surface area contributed by atoms with Gasteiger partial charge in [-0.1, -0.05) is 20.8 Å². The second-order valence-corrected chi connectivity index (χ2v) is 11.6. The fourth-order valence-electron chi connectivity index (χ4n) is 8.58. The second kappa shape index (κ2) is 6.31. The molecule has 6 fully saturated rings. The third kappa shape index (κ3) is 1.88. The Kier molecular flexibility index (Phi) is 4.20. The van der Waals surface area contributed by atoms with Crippen LogP contribution in [0.3, 0.4) is 0 Å². The summed E-state index contributed by atoms with van der Waals surface area (Å²) in [6.07, 6.45) is -6.01. The Bertz CT molecular complexity index is 995. The number of nitrogens with one attached hydrogen (secondary N) is 1. The van der Waals surface area contributed by atoms with Gasteiger partial charge in [-0.25, -0.2) is 9.59 Å². The molecule has 0 amide bonds. The van der Waals surface area contributed by atoms with Gasteiger partial charge in [-0.2, -0.15) is 0 Å². The van der Waals surface area contributed by atoms with Gasteiger partial charge in [0.25, 0.3) is 0 Å². The first kappa shape index (κ1) is 22.7. The van der Waals surface area contributed by atoms with E-state index in [0.29, 0.717) is 13.0 Å². The molecule has 4 saturated heterocycles. The number of rotatable bonds is 4. The zero-order chi connectivity index (χ0) is 24.6. The van der Waals surface area contributed by atoms with Crippen LogP contribution in [0.2, 0.25) is 0 Å². The van der Waals surface area contributed by atoms with E-state index in [-0.39, 0.29) is 12.5 Å². The molecule has 6 rings (SSSR count). The molecule has 2 spiro atoms. The summed E-state index contributed by atoms with van der Waals surface area (Å²) < 4.78 is 29.5. The smallest absolute Gasteiger partial charge is 0.343 e. The third-order valence-electron chi connectivity index (χ3n) is 9.60. The minimum atomic E-state index is -2.21. The standard InChI is InChI=1S/C23H31NO10/c1-9-15(26)32-13-12(25)21-11-8-10(19(2,3)4)20(21)14(30-7-6-24-5)16(27)33-18(20)34-23(21,17(28)31-11)22(9,13)29/h9-14,18,24-25,29H,6-8H2,1-5H3/t9-,10+,11-,12+,13+,14+,18?,20?,21?,22-,23?/m1/s1. The van der Waals surface area contributed by atoms with E-state index >= 15 is 0 Å². The van der Waals surface area contributed by atoms with Crippen LogP contribution in [0.25, 0.3) is 0 Å². The topological polar surface area (TPSA) is 150 Å². The van der Waals surface area contributed by atoms with Crippen LogP contribution >= 0.6 is 0 Å². The zero-order valence-electron chi connectivity index (χ0n) is 19.8. The first-order valence-electron chi connectivity index (χ1n) is 11.8. The second-order valence-electron chi connectivity index (χ2n) is 11.6. The van der Waals surface area contributed by atoms with E-state index in [0.717, 1.165) is 0 Å². The van der Waals surface area contributed by atoms with Gasteiger partial charge < -0.3 is 39.2 Å². The molecule has 188 valence electrons. The minimum absolute atomic E-state index is 0.166. The van der Waals surface area contributed by atoms with Gasteiger partial charge in [-0.3, -0.25) is 4.79 Å². The molecular weight excluding hydrogens is 450 g/mol. The van der Waals surface area contributed by atoms with Crippen molar-refractivity contribution in [3.8, 4) is 0 Å². The van der Waals surface area contributed by atoms with Crippen LogP contribution in [-0.4, -0.2) is 90.2 Å². The SMILES string of the molecule is CNCCO[C@H]1C(=O)OC2OC34C(=O)O[C@@H]5C[C@@H](C(C)(C)C)C21C53[C@@H](O)[C@@H]1OC(=O)[C@@H](C)[C@@]14O. The number of esters is 3. The molecule has 6 aliphatic rings. The number of hydrogen-bond acceptors (Lipinski definition) is 11. The lowest BCUT2D eigenvalue weighted by atomic mass is 9.51. The summed E-state index contributed by atoms with van der Waals surface area (Å²) in [5.74, 6) is -3.82. The summed E-state index contributed by atoms with van der Waals surface area (Å²) >= 11 is 0. The minimum Gasteiger partial charge on any atom is -0.459 e. The van der Waals surface area contributed by atoms with Crippen molar-refractivity contribution in [2.24, 2.45) is 28.1 Å². The van der Waals surface area contributed by atoms with E-state index in [9.17, 15) is 24.6 Å². The molecule has 4 heterocycles. The van der Waals surface area contributed by atoms with Crippen LogP contribution in [0.1, 0.15) is 34.1 Å². The summed E-state index contributed by atoms with van der Waals surface area (Å²) in [5.41, 5.74) is -7.80. The largest absolute Gasteiger partial charge is 0.459 e. The van der Waals surface area contributed by atoms with Crippen molar-refractivity contribution in [3.63, 3.8) is 0 Å². The van der Waals surface area contributed by atoms with E-state index in [1.807, 2.05) is 20.8 Å². The lowest BCUT2D eigenvalue weighted by Gasteiger charge is -2.48. The number of fused-ring (bicyclic) bond motifs is 1. The molecule has 3 N–H and O–H groups in total. The average molecular weight is 481 g/mol. The van der Waals surface area contributed by atoms with E-state index in [2.05, 4.69) is 5.32 Å². The lowest BCUT2D eigenvalue weighted by molar-refractivity contribution is -0.240. The molecule has 0 bridgehead atoms. The summed E-state index contributed by atoms with van der Waals surface area (Å²) in [5, 5.41) is 27.0. The fourth-order valence-corrected chi connectivity index (χ4v) is 8.58. The molecule has 0 aromatic carbocycles. The predicted molar refractivity (Wildman–Crippen MR) is 110 cm³/mol. The van der Waals surface area contributed by atoms with Gasteiger partial charge in [0.05, 0.1) is 23.4 Å². The van der Waals surface area contributed by atoms with Crippen LogP contribution < -0.4 is 5.32 Å². The Morgan fingerprint density at radius 1 is 1.15 bits per heavy atom. The van der Waals surface area contributed by atoms with Crippen molar-refractivity contribution in [1.29, 1.82) is 0 Å². The highest BCUT2D eigenvalue weighted by Gasteiger charge is 3.04. The van der Waals surface area contributed by atoms with Crippen molar-refractivity contribution in [2.45, 2.75) is 76.0 Å². The molecule has 4 unspecified atom stereocenters. The van der Waals surface area contributed by atoms with E-state index in [4.69, 9.17) is 23.7 Å². The van der Waals surface area contributed by atoms with E-state index in [1.165, 1.54) is 6.92 Å². The van der Waals surface area contributed by atoms with Crippen molar-refractivity contribution >= 4 is 17.9 Å². The first-order chi connectivity index (χ1) is 15.9. The average Bonchev–Trinajstić information content (AvgIpc) is 3.46. The summed E-state index contributed by atoms with van der Waals surface area (Å²) in [4.78, 5) is 39.4. The molecule has 0 aromatic rings. The number of carbonyl (C=O) groups is 3. The molecule has 2 saturated carbocycles. The predicted octanol–water partition coefficient (Wildman–Crippen LogP) is -1.13. The van der Waals surface area contributed by atoms with Crippen molar-refractivity contribution < 1.29 is 48.3 Å². The number of aliphatic hydroxyl groups is 2. The molecule has 34 heavy (non-hydrogen) atoms. The molecule has 11 atom stereocenters. The molecule has 2 aliphatic carbocycles. The maximum Gasteiger partial charge on any atom is 0.343 e. The highest BCUT2D eigenvalue weighted by atomic mass is 16.8. The monoisotopic (exact) mass is 481 g/mol. The van der Waals surface area contributed by atoms with Gasteiger partial charge in [0.1, 0.15) is 12.2 Å². The number of aliphatic hydroxyl groups excluding tert-OH is 1. The van der Waals surface area contributed by atoms with Gasteiger partial charge in [-0.15, -0.1) is 0 Å². The highest BCUT2D eigenvalue weighted by molar-refractivity contribution is 5.94. The number of carbonyl (C=O) groups excluding carboxylic acids is 3. The van der Waals surface area contributed by atoms with Crippen molar-refractivity contribution in [1.82, 2.24) is 5.32 Å². The van der Waals surface area contributed by atoms with Crippen LogP contribution in [0.5, 0.6) is 0 Å². The molecule has 11 nitrogen and oxygen atoms in total. The van der Waals surface area contributed by atoms with Gasteiger partial charge in [-0.05, 0) is 31.7 Å². The molecule has 0 aromatic heterocycles. The van der Waals surface area contributed by atoms with Crippen LogP contribution in [-0.2, 0) is 38.1 Å². The maximum absolute atomic E-state index is 13.6. The zero-order valence-corrected chi connectivity index (χ0v) is 19.8.